The van der Waals surface area contributed by atoms with Crippen LogP contribution in [-0.4, -0.2) is 47.2 Å². The van der Waals surface area contributed by atoms with Gasteiger partial charge in [-0.05, 0) is 45.8 Å². The van der Waals surface area contributed by atoms with Crippen LogP contribution in [0.2, 0.25) is 0 Å². The lowest BCUT2D eigenvalue weighted by Gasteiger charge is -2.26. The third kappa shape index (κ3) is 3.70. The van der Waals surface area contributed by atoms with Crippen LogP contribution in [0.3, 0.4) is 0 Å². The minimum atomic E-state index is -0.194. The van der Waals surface area contributed by atoms with Crippen molar-refractivity contribution in [1.82, 2.24) is 20.4 Å². The summed E-state index contributed by atoms with van der Waals surface area (Å²) in [6.07, 6.45) is 4.92. The van der Waals surface area contributed by atoms with Crippen LogP contribution >= 0.6 is 0 Å². The standard InChI is InChI=1S/C13H23N5O/c1-10-11(14)12(17-16-10)13(19)15-6-5-9-18-7-3-2-4-8-18/h2-9,14H2,1H3,(H,15,19)(H,16,17). The Morgan fingerprint density at radius 1 is 1.42 bits per heavy atom. The Morgan fingerprint density at radius 3 is 2.79 bits per heavy atom. The zero-order valence-electron chi connectivity index (χ0n) is 11.5. The molecule has 4 N–H and O–H groups in total. The van der Waals surface area contributed by atoms with Gasteiger partial charge in [-0.2, -0.15) is 5.10 Å². The molecule has 0 spiro atoms. The molecule has 106 valence electrons. The molecule has 0 unspecified atom stereocenters. The molecule has 6 heteroatoms. The van der Waals surface area contributed by atoms with Crippen molar-refractivity contribution in [2.75, 3.05) is 31.9 Å². The lowest BCUT2D eigenvalue weighted by Crippen LogP contribution is -2.33. The molecule has 0 radical (unpaired) electrons. The van der Waals surface area contributed by atoms with Crippen molar-refractivity contribution in [3.05, 3.63) is 11.4 Å². The molecule has 1 amide bonds. The summed E-state index contributed by atoms with van der Waals surface area (Å²) < 4.78 is 0. The van der Waals surface area contributed by atoms with Gasteiger partial charge in [-0.1, -0.05) is 6.42 Å². The number of nitrogens with one attached hydrogen (secondary N) is 2. The molecule has 19 heavy (non-hydrogen) atoms. The molecule has 0 atom stereocenters. The number of piperidine rings is 1. The van der Waals surface area contributed by atoms with E-state index in [0.29, 0.717) is 17.9 Å². The van der Waals surface area contributed by atoms with E-state index in [-0.39, 0.29) is 5.91 Å². The number of rotatable bonds is 5. The fourth-order valence-corrected chi connectivity index (χ4v) is 2.38. The molecule has 0 bridgehead atoms. The van der Waals surface area contributed by atoms with E-state index in [1.165, 1.54) is 32.4 Å². The molecular formula is C13H23N5O. The minimum absolute atomic E-state index is 0.194. The maximum absolute atomic E-state index is 11.8. The van der Waals surface area contributed by atoms with Crippen LogP contribution in [-0.2, 0) is 0 Å². The number of carbonyl (C=O) groups is 1. The number of carbonyl (C=O) groups excluding carboxylic acids is 1. The van der Waals surface area contributed by atoms with E-state index >= 15 is 0 Å². The summed E-state index contributed by atoms with van der Waals surface area (Å²) in [6.45, 7) is 5.91. The predicted molar refractivity (Wildman–Crippen MR) is 75.0 cm³/mol. The van der Waals surface area contributed by atoms with E-state index in [1.807, 2.05) is 0 Å². The summed E-state index contributed by atoms with van der Waals surface area (Å²) in [5.74, 6) is -0.194. The fourth-order valence-electron chi connectivity index (χ4n) is 2.38. The number of aromatic nitrogens is 2. The Bertz CT molecular complexity index is 423. The number of nitrogen functional groups attached to an aromatic ring is 1. The summed E-state index contributed by atoms with van der Waals surface area (Å²) >= 11 is 0. The summed E-state index contributed by atoms with van der Waals surface area (Å²) in [7, 11) is 0. The summed E-state index contributed by atoms with van der Waals surface area (Å²) in [6, 6.07) is 0. The number of aryl methyl sites for hydroxylation is 1. The molecule has 2 rings (SSSR count). The molecule has 1 aliphatic heterocycles. The van der Waals surface area contributed by atoms with Gasteiger partial charge in [-0.25, -0.2) is 0 Å². The largest absolute Gasteiger partial charge is 0.395 e. The third-order valence-electron chi connectivity index (χ3n) is 3.59. The van der Waals surface area contributed by atoms with E-state index in [4.69, 9.17) is 5.73 Å². The van der Waals surface area contributed by atoms with Crippen molar-refractivity contribution in [1.29, 1.82) is 0 Å². The zero-order valence-corrected chi connectivity index (χ0v) is 11.5. The van der Waals surface area contributed by atoms with Gasteiger partial charge in [0, 0.05) is 6.54 Å². The van der Waals surface area contributed by atoms with Crippen LogP contribution < -0.4 is 11.1 Å². The van der Waals surface area contributed by atoms with Crippen molar-refractivity contribution in [3.8, 4) is 0 Å². The smallest absolute Gasteiger partial charge is 0.273 e. The second-order valence-electron chi connectivity index (χ2n) is 5.12. The first kappa shape index (κ1) is 13.9. The number of amides is 1. The molecule has 0 aliphatic carbocycles. The van der Waals surface area contributed by atoms with E-state index in [2.05, 4.69) is 20.4 Å². The maximum Gasteiger partial charge on any atom is 0.273 e. The van der Waals surface area contributed by atoms with Crippen LogP contribution in [0, 0.1) is 6.92 Å². The predicted octanol–water partition coefficient (Wildman–Crippen LogP) is 0.906. The van der Waals surface area contributed by atoms with Gasteiger partial charge in [0.15, 0.2) is 5.69 Å². The van der Waals surface area contributed by atoms with Crippen LogP contribution in [0.15, 0.2) is 0 Å². The normalized spacial score (nSPS) is 16.5. The van der Waals surface area contributed by atoms with E-state index in [1.54, 1.807) is 6.92 Å². The van der Waals surface area contributed by atoms with E-state index in [0.717, 1.165) is 18.7 Å². The average Bonchev–Trinajstić information content (AvgIpc) is 2.76. The van der Waals surface area contributed by atoms with Crippen molar-refractivity contribution in [3.63, 3.8) is 0 Å². The molecule has 1 aromatic rings. The van der Waals surface area contributed by atoms with Crippen LogP contribution in [0.25, 0.3) is 0 Å². The van der Waals surface area contributed by atoms with Gasteiger partial charge >= 0.3 is 0 Å². The highest BCUT2D eigenvalue weighted by atomic mass is 16.1. The molecule has 2 heterocycles. The summed E-state index contributed by atoms with van der Waals surface area (Å²) in [5.41, 5.74) is 7.24. The van der Waals surface area contributed by atoms with Crippen molar-refractivity contribution in [2.24, 2.45) is 0 Å². The maximum atomic E-state index is 11.8. The molecule has 0 aromatic carbocycles. The molecule has 6 nitrogen and oxygen atoms in total. The highest BCUT2D eigenvalue weighted by molar-refractivity contribution is 5.97. The number of aromatic amines is 1. The Labute approximate surface area is 113 Å². The van der Waals surface area contributed by atoms with Gasteiger partial charge < -0.3 is 16.0 Å². The highest BCUT2D eigenvalue weighted by Gasteiger charge is 2.15. The van der Waals surface area contributed by atoms with Crippen LogP contribution in [0.5, 0.6) is 0 Å². The number of nitrogens with zero attached hydrogens (tertiary/aromatic N) is 2. The second kappa shape index (κ2) is 6.56. The van der Waals surface area contributed by atoms with E-state index < -0.39 is 0 Å². The molecule has 1 aromatic heterocycles. The topological polar surface area (TPSA) is 87.0 Å². The third-order valence-corrected chi connectivity index (χ3v) is 3.59. The Balaban J connectivity index is 1.68. The van der Waals surface area contributed by atoms with Crippen molar-refractivity contribution < 1.29 is 4.79 Å². The SMILES string of the molecule is Cc1[nH]nc(C(=O)NCCCN2CCCCC2)c1N. The number of nitrogens with two attached hydrogens (primary N) is 1. The molecule has 1 aliphatic rings. The van der Waals surface area contributed by atoms with Crippen molar-refractivity contribution >= 4 is 11.6 Å². The minimum Gasteiger partial charge on any atom is -0.395 e. The van der Waals surface area contributed by atoms with Gasteiger partial charge in [-0.3, -0.25) is 9.89 Å². The number of hydrogen-bond acceptors (Lipinski definition) is 4. The number of likely N-dealkylation sites (tertiary alicyclic amines) is 1. The first-order valence-corrected chi connectivity index (χ1v) is 6.99. The molecule has 1 saturated heterocycles. The van der Waals surface area contributed by atoms with Crippen molar-refractivity contribution in [2.45, 2.75) is 32.6 Å². The van der Waals surface area contributed by atoms with Crippen LogP contribution in [0.4, 0.5) is 5.69 Å². The van der Waals surface area contributed by atoms with Gasteiger partial charge in [0.2, 0.25) is 0 Å². The second-order valence-corrected chi connectivity index (χ2v) is 5.12. The Hall–Kier alpha value is -1.56. The lowest BCUT2D eigenvalue weighted by atomic mass is 10.1. The quantitative estimate of drug-likeness (QED) is 0.690. The van der Waals surface area contributed by atoms with Crippen LogP contribution in [0.1, 0.15) is 41.9 Å². The number of hydrogen-bond donors (Lipinski definition) is 3. The number of H-pyrrole nitrogens is 1. The molecule has 1 fully saturated rings. The van der Waals surface area contributed by atoms with Gasteiger partial charge in [0.1, 0.15) is 0 Å². The lowest BCUT2D eigenvalue weighted by molar-refractivity contribution is 0.0947. The fraction of sp³-hybridized carbons (Fsp3) is 0.692. The van der Waals surface area contributed by atoms with Gasteiger partial charge in [0.25, 0.3) is 5.91 Å². The molecular weight excluding hydrogens is 242 g/mol. The summed E-state index contributed by atoms with van der Waals surface area (Å²) in [4.78, 5) is 14.3. The van der Waals surface area contributed by atoms with E-state index in [9.17, 15) is 4.79 Å². The average molecular weight is 265 g/mol. The Morgan fingerprint density at radius 2 is 2.16 bits per heavy atom. The molecule has 0 saturated carbocycles. The highest BCUT2D eigenvalue weighted by Crippen LogP contribution is 2.12. The first-order chi connectivity index (χ1) is 9.18. The van der Waals surface area contributed by atoms with Gasteiger partial charge in [0.05, 0.1) is 11.4 Å². The summed E-state index contributed by atoms with van der Waals surface area (Å²) in [5, 5.41) is 9.49. The van der Waals surface area contributed by atoms with Gasteiger partial charge in [-0.15, -0.1) is 0 Å². The zero-order chi connectivity index (χ0) is 13.7. The monoisotopic (exact) mass is 265 g/mol. The Kier molecular flexibility index (Phi) is 4.79. The first-order valence-electron chi connectivity index (χ1n) is 6.99. The number of anilines is 1.